The molecule has 1 N–H and O–H groups in total. The van der Waals surface area contributed by atoms with Crippen molar-refractivity contribution in [1.82, 2.24) is 0 Å². The highest BCUT2D eigenvalue weighted by Gasteiger charge is 2.70. The Morgan fingerprint density at radius 3 is 2.29 bits per heavy atom. The molecular formula is C30H49O. The van der Waals surface area contributed by atoms with Crippen molar-refractivity contribution in [3.8, 4) is 0 Å². The first kappa shape index (κ1) is 22.5. The Morgan fingerprint density at radius 2 is 1.61 bits per heavy atom. The van der Waals surface area contributed by atoms with Gasteiger partial charge < -0.3 is 5.11 Å². The molecule has 5 rings (SSSR count). The molecule has 0 amide bonds. The molecule has 5 fully saturated rings. The molecule has 0 aliphatic heterocycles. The van der Waals surface area contributed by atoms with Crippen LogP contribution in [0.3, 0.4) is 0 Å². The molecule has 0 aromatic heterocycles. The van der Waals surface area contributed by atoms with Crippen molar-refractivity contribution in [3.63, 3.8) is 0 Å². The molecule has 0 heterocycles. The van der Waals surface area contributed by atoms with Gasteiger partial charge in [-0.05, 0) is 134 Å². The van der Waals surface area contributed by atoms with E-state index >= 15 is 0 Å². The molecule has 0 bridgehead atoms. The number of aliphatic hydroxyl groups is 1. The summed E-state index contributed by atoms with van der Waals surface area (Å²) in [5.74, 6) is 3.77. The average Bonchev–Trinajstić information content (AvgIpc) is 3.08. The van der Waals surface area contributed by atoms with Gasteiger partial charge in [-0.1, -0.05) is 46.8 Å². The Balaban J connectivity index is 1.55. The van der Waals surface area contributed by atoms with Gasteiger partial charge in [0.1, 0.15) is 0 Å². The molecular weight excluding hydrogens is 376 g/mol. The maximum atomic E-state index is 10.6. The van der Waals surface area contributed by atoms with Gasteiger partial charge in [-0.15, -0.1) is 0 Å². The van der Waals surface area contributed by atoms with E-state index in [2.05, 4.69) is 54.5 Å². The predicted molar refractivity (Wildman–Crippen MR) is 130 cm³/mol. The molecule has 5 aliphatic rings. The van der Waals surface area contributed by atoms with Crippen molar-refractivity contribution in [1.29, 1.82) is 0 Å². The SMILES string of the molecule is C=C(C)[C@@H]1CC[C@]2(CO)CC[C@]3(C)[C@H](CC[C@@H]4[C@@]5(C)CC[CH]C(C)(C)[C@@H]5CC[C@]43C)[C@@H]12. The molecule has 1 nitrogen and oxygen atoms in total. The zero-order chi connectivity index (χ0) is 22.4. The first-order chi connectivity index (χ1) is 14.5. The van der Waals surface area contributed by atoms with Crippen LogP contribution in [-0.4, -0.2) is 11.7 Å². The van der Waals surface area contributed by atoms with E-state index in [1.54, 1.807) is 0 Å². The highest BCUT2D eigenvalue weighted by molar-refractivity contribution is 5.21. The zero-order valence-electron chi connectivity index (χ0n) is 21.4. The summed E-state index contributed by atoms with van der Waals surface area (Å²) in [5, 5.41) is 10.6. The van der Waals surface area contributed by atoms with Crippen molar-refractivity contribution >= 4 is 0 Å². The first-order valence-electron chi connectivity index (χ1n) is 13.6. The van der Waals surface area contributed by atoms with Crippen LogP contribution in [0.25, 0.3) is 0 Å². The molecule has 31 heavy (non-hydrogen) atoms. The lowest BCUT2D eigenvalue weighted by atomic mass is 9.32. The van der Waals surface area contributed by atoms with Gasteiger partial charge in [-0.3, -0.25) is 0 Å². The van der Waals surface area contributed by atoms with Gasteiger partial charge in [0.25, 0.3) is 0 Å². The normalized spacial score (nSPS) is 55.5. The average molecular weight is 426 g/mol. The second-order valence-electron chi connectivity index (χ2n) is 14.3. The molecule has 1 heteroatoms. The predicted octanol–water partition coefficient (Wildman–Crippen LogP) is 7.84. The van der Waals surface area contributed by atoms with Gasteiger partial charge in [0, 0.05) is 6.61 Å². The number of aliphatic hydroxyl groups excluding tert-OH is 1. The Bertz CT molecular complexity index is 752. The number of allylic oxidation sites excluding steroid dienone is 1. The fraction of sp³-hybridized carbons (Fsp3) is 0.900. The molecule has 5 saturated carbocycles. The lowest BCUT2D eigenvalue weighted by Gasteiger charge is -2.72. The van der Waals surface area contributed by atoms with Crippen molar-refractivity contribution < 1.29 is 5.11 Å². The second kappa shape index (κ2) is 6.86. The van der Waals surface area contributed by atoms with E-state index in [4.69, 9.17) is 0 Å². The van der Waals surface area contributed by atoms with Crippen LogP contribution < -0.4 is 0 Å². The van der Waals surface area contributed by atoms with Crippen LogP contribution in [0.5, 0.6) is 0 Å². The Labute approximate surface area is 192 Å². The highest BCUT2D eigenvalue weighted by Crippen LogP contribution is 2.77. The van der Waals surface area contributed by atoms with Gasteiger partial charge in [-0.2, -0.15) is 0 Å². The summed E-state index contributed by atoms with van der Waals surface area (Å²) in [4.78, 5) is 0. The van der Waals surface area contributed by atoms with E-state index in [9.17, 15) is 5.11 Å². The summed E-state index contributed by atoms with van der Waals surface area (Å²) in [5.41, 5.74) is 3.31. The molecule has 0 unspecified atom stereocenters. The van der Waals surface area contributed by atoms with Crippen LogP contribution in [0.15, 0.2) is 12.2 Å². The smallest absolute Gasteiger partial charge is 0.0490 e. The quantitative estimate of drug-likeness (QED) is 0.447. The number of rotatable bonds is 2. The van der Waals surface area contributed by atoms with Gasteiger partial charge in [0.2, 0.25) is 0 Å². The van der Waals surface area contributed by atoms with Crippen LogP contribution in [0.4, 0.5) is 0 Å². The van der Waals surface area contributed by atoms with Gasteiger partial charge >= 0.3 is 0 Å². The van der Waals surface area contributed by atoms with Crippen molar-refractivity contribution in [3.05, 3.63) is 18.6 Å². The fourth-order valence-electron chi connectivity index (χ4n) is 11.4. The molecule has 1 radical (unpaired) electrons. The number of hydrogen-bond acceptors (Lipinski definition) is 1. The minimum Gasteiger partial charge on any atom is -0.396 e. The Hall–Kier alpha value is -0.300. The molecule has 9 atom stereocenters. The minimum absolute atomic E-state index is 0.180. The summed E-state index contributed by atoms with van der Waals surface area (Å²) in [6, 6.07) is 0. The van der Waals surface area contributed by atoms with Gasteiger partial charge in [0.05, 0.1) is 0 Å². The topological polar surface area (TPSA) is 20.2 Å². The van der Waals surface area contributed by atoms with Crippen LogP contribution in [0.1, 0.15) is 106 Å². The zero-order valence-corrected chi connectivity index (χ0v) is 21.4. The van der Waals surface area contributed by atoms with Crippen molar-refractivity contribution in [2.45, 2.75) is 106 Å². The van der Waals surface area contributed by atoms with Gasteiger partial charge in [0.15, 0.2) is 0 Å². The highest BCUT2D eigenvalue weighted by atomic mass is 16.3. The van der Waals surface area contributed by atoms with E-state index in [0.29, 0.717) is 40.1 Å². The summed E-state index contributed by atoms with van der Waals surface area (Å²) in [7, 11) is 0. The molecule has 0 spiro atoms. The molecule has 0 aromatic rings. The van der Waals surface area contributed by atoms with Crippen LogP contribution in [0, 0.1) is 63.1 Å². The maximum absolute atomic E-state index is 10.6. The minimum atomic E-state index is 0.180. The lowest BCUT2D eigenvalue weighted by molar-refractivity contribution is -0.234. The van der Waals surface area contributed by atoms with Gasteiger partial charge in [-0.25, -0.2) is 0 Å². The van der Waals surface area contributed by atoms with E-state index < -0.39 is 0 Å². The van der Waals surface area contributed by atoms with E-state index in [1.165, 1.54) is 69.8 Å². The van der Waals surface area contributed by atoms with E-state index in [0.717, 1.165) is 17.8 Å². The molecule has 0 aromatic carbocycles. The fourth-order valence-corrected chi connectivity index (χ4v) is 11.4. The summed E-state index contributed by atoms with van der Waals surface area (Å²) >= 11 is 0. The monoisotopic (exact) mass is 425 g/mol. The number of fused-ring (bicyclic) bond motifs is 7. The van der Waals surface area contributed by atoms with E-state index in [1.807, 2.05) is 0 Å². The summed E-state index contributed by atoms with van der Waals surface area (Å²) in [6.45, 7) is 20.3. The number of hydrogen-bond donors (Lipinski definition) is 1. The van der Waals surface area contributed by atoms with E-state index in [-0.39, 0.29) is 5.41 Å². The second-order valence-corrected chi connectivity index (χ2v) is 14.3. The third kappa shape index (κ3) is 2.71. The van der Waals surface area contributed by atoms with Crippen LogP contribution in [-0.2, 0) is 0 Å². The van der Waals surface area contributed by atoms with Crippen molar-refractivity contribution in [2.75, 3.05) is 6.61 Å². The Kier molecular flexibility index (Phi) is 4.98. The summed E-state index contributed by atoms with van der Waals surface area (Å²) < 4.78 is 0. The molecule has 0 saturated heterocycles. The maximum Gasteiger partial charge on any atom is 0.0490 e. The molecule has 175 valence electrons. The molecule has 5 aliphatic carbocycles. The third-order valence-corrected chi connectivity index (χ3v) is 13.1. The summed E-state index contributed by atoms with van der Waals surface area (Å²) in [6.07, 6.45) is 16.1. The van der Waals surface area contributed by atoms with Crippen molar-refractivity contribution in [2.24, 2.45) is 56.7 Å². The lowest BCUT2D eigenvalue weighted by Crippen LogP contribution is -2.65. The standard InChI is InChI=1S/C30H49O/c1-20(2)21-11-16-30(19-31)18-17-28(6)22(25(21)30)9-10-24-27(5)14-8-13-26(3,4)23(27)12-15-29(24,28)7/h13,21-25,31H,1,8-12,14-19H2,2-7H3/t21-,22+,23-,24+,25+,27-,28+,29+,30+/m0/s1. The third-order valence-electron chi connectivity index (χ3n) is 13.1. The van der Waals surface area contributed by atoms with Crippen LogP contribution in [0.2, 0.25) is 0 Å². The largest absolute Gasteiger partial charge is 0.396 e. The first-order valence-corrected chi connectivity index (χ1v) is 13.6. The van der Waals surface area contributed by atoms with Crippen LogP contribution >= 0.6 is 0 Å². The Morgan fingerprint density at radius 1 is 0.871 bits per heavy atom.